The summed E-state index contributed by atoms with van der Waals surface area (Å²) in [7, 11) is 0. The van der Waals surface area contributed by atoms with E-state index in [0.29, 0.717) is 0 Å². The van der Waals surface area contributed by atoms with Crippen molar-refractivity contribution in [1.29, 1.82) is 0 Å². The molecule has 0 amide bonds. The Bertz CT molecular complexity index is 518. The minimum atomic E-state index is -0.305. The Kier molecular flexibility index (Phi) is 3.28. The summed E-state index contributed by atoms with van der Waals surface area (Å²) in [5, 5.41) is 7.27. The molecule has 2 aromatic rings. The van der Waals surface area contributed by atoms with Gasteiger partial charge in [-0.25, -0.2) is 0 Å². The minimum Gasteiger partial charge on any atom is -0.303 e. The Hall–Kier alpha value is -1.78. The van der Waals surface area contributed by atoms with Crippen molar-refractivity contribution < 1.29 is 0 Å². The second kappa shape index (κ2) is 4.96. The van der Waals surface area contributed by atoms with Crippen LogP contribution in [-0.4, -0.2) is 23.1 Å². The van der Waals surface area contributed by atoms with Crippen LogP contribution in [0.4, 0.5) is 0 Å². The number of aromatic nitrogens is 2. The molecule has 0 aromatic carbocycles. The third-order valence-electron chi connectivity index (χ3n) is 4.44. The lowest BCUT2D eigenvalue weighted by Crippen LogP contribution is -2.67. The van der Waals surface area contributed by atoms with Crippen LogP contribution in [0.2, 0.25) is 0 Å². The van der Waals surface area contributed by atoms with Gasteiger partial charge in [-0.3, -0.25) is 9.97 Å². The van der Waals surface area contributed by atoms with Gasteiger partial charge in [0.05, 0.1) is 22.5 Å². The Morgan fingerprint density at radius 1 is 0.800 bits per heavy atom. The van der Waals surface area contributed by atoms with Crippen LogP contribution in [0, 0.1) is 0 Å². The molecule has 2 aromatic heterocycles. The van der Waals surface area contributed by atoms with Crippen LogP contribution in [0.3, 0.4) is 0 Å². The van der Waals surface area contributed by atoms with Gasteiger partial charge in [-0.2, -0.15) is 0 Å². The molecule has 4 heteroatoms. The van der Waals surface area contributed by atoms with Gasteiger partial charge < -0.3 is 10.6 Å². The normalized spacial score (nSPS) is 30.1. The number of pyridine rings is 2. The molecule has 0 aliphatic carbocycles. The molecule has 104 valence electrons. The van der Waals surface area contributed by atoms with Gasteiger partial charge in [0.1, 0.15) is 0 Å². The van der Waals surface area contributed by atoms with Crippen LogP contribution in [-0.2, 0) is 11.1 Å². The van der Waals surface area contributed by atoms with Crippen molar-refractivity contribution in [2.24, 2.45) is 0 Å². The molecule has 3 heterocycles. The first kappa shape index (κ1) is 13.2. The van der Waals surface area contributed by atoms with Crippen LogP contribution < -0.4 is 10.6 Å². The zero-order valence-electron chi connectivity index (χ0n) is 11.9. The fourth-order valence-electron chi connectivity index (χ4n) is 2.99. The van der Waals surface area contributed by atoms with Crippen molar-refractivity contribution in [2.75, 3.05) is 13.1 Å². The Morgan fingerprint density at radius 2 is 1.25 bits per heavy atom. The summed E-state index contributed by atoms with van der Waals surface area (Å²) in [5.41, 5.74) is 1.45. The molecular formula is C16H20N4. The van der Waals surface area contributed by atoms with E-state index in [4.69, 9.17) is 0 Å². The topological polar surface area (TPSA) is 49.8 Å². The monoisotopic (exact) mass is 268 g/mol. The molecular weight excluding hydrogens is 248 g/mol. The Labute approximate surface area is 119 Å². The Morgan fingerprint density at radius 3 is 1.60 bits per heavy atom. The molecule has 1 saturated heterocycles. The molecule has 0 unspecified atom stereocenters. The molecule has 2 N–H and O–H groups in total. The average molecular weight is 268 g/mol. The maximum Gasteiger partial charge on any atom is 0.0819 e. The van der Waals surface area contributed by atoms with E-state index >= 15 is 0 Å². The van der Waals surface area contributed by atoms with E-state index in [-0.39, 0.29) is 11.1 Å². The smallest absolute Gasteiger partial charge is 0.0819 e. The van der Waals surface area contributed by atoms with Gasteiger partial charge in [0.2, 0.25) is 0 Å². The highest BCUT2D eigenvalue weighted by Crippen LogP contribution is 2.39. The largest absolute Gasteiger partial charge is 0.303 e. The summed E-state index contributed by atoms with van der Waals surface area (Å²) in [4.78, 5) is 9.13. The van der Waals surface area contributed by atoms with Crippen LogP contribution >= 0.6 is 0 Å². The quantitative estimate of drug-likeness (QED) is 0.872. The highest BCUT2D eigenvalue weighted by atomic mass is 15.2. The van der Waals surface area contributed by atoms with Crippen LogP contribution in [0.15, 0.2) is 48.8 Å². The number of hydrogen-bond donors (Lipinski definition) is 2. The van der Waals surface area contributed by atoms with E-state index in [1.165, 1.54) is 0 Å². The summed E-state index contributed by atoms with van der Waals surface area (Å²) < 4.78 is 0. The van der Waals surface area contributed by atoms with Gasteiger partial charge in [0, 0.05) is 25.5 Å². The second-order valence-corrected chi connectivity index (χ2v) is 5.53. The first-order chi connectivity index (χ1) is 9.67. The number of nitrogens with zero attached hydrogens (tertiary/aromatic N) is 2. The van der Waals surface area contributed by atoms with Gasteiger partial charge in [0.25, 0.3) is 0 Å². The van der Waals surface area contributed by atoms with Crippen LogP contribution in [0.5, 0.6) is 0 Å². The average Bonchev–Trinajstić information content (AvgIpc) is 2.52. The number of hydrogen-bond acceptors (Lipinski definition) is 4. The van der Waals surface area contributed by atoms with Crippen molar-refractivity contribution in [2.45, 2.75) is 24.9 Å². The first-order valence-electron chi connectivity index (χ1n) is 7.00. The molecule has 1 aliphatic rings. The lowest BCUT2D eigenvalue weighted by molar-refractivity contribution is 0.114. The van der Waals surface area contributed by atoms with Crippen LogP contribution in [0.1, 0.15) is 25.2 Å². The molecule has 4 nitrogen and oxygen atoms in total. The molecule has 2 atom stereocenters. The lowest BCUT2D eigenvalue weighted by Gasteiger charge is -2.50. The van der Waals surface area contributed by atoms with Gasteiger partial charge in [-0.1, -0.05) is 12.1 Å². The zero-order valence-corrected chi connectivity index (χ0v) is 11.9. The fraction of sp³-hybridized carbons (Fsp3) is 0.375. The summed E-state index contributed by atoms with van der Waals surface area (Å²) in [6.07, 6.45) is 3.69. The standard InChI is InChI=1S/C16H20N4/c1-15(13-7-3-5-9-17-13)16(2,20-12-11-19-15)14-8-4-6-10-18-14/h3-10,19-20H,11-12H2,1-2H3/t15-,16+. The zero-order chi connectivity index (χ0) is 14.1. The van der Waals surface area contributed by atoms with Crippen molar-refractivity contribution in [1.82, 2.24) is 20.6 Å². The van der Waals surface area contributed by atoms with Gasteiger partial charge in [-0.15, -0.1) is 0 Å². The number of piperazine rings is 1. The van der Waals surface area contributed by atoms with E-state index in [9.17, 15) is 0 Å². The lowest BCUT2D eigenvalue weighted by atomic mass is 9.72. The van der Waals surface area contributed by atoms with Crippen molar-refractivity contribution >= 4 is 0 Å². The summed E-state index contributed by atoms with van der Waals surface area (Å²) in [5.74, 6) is 0. The molecule has 3 rings (SSSR count). The maximum atomic E-state index is 4.56. The maximum absolute atomic E-state index is 4.56. The van der Waals surface area contributed by atoms with E-state index < -0.39 is 0 Å². The SMILES string of the molecule is C[C@@]1(c2ccccn2)NCCN[C@]1(C)c1ccccn1. The molecule has 0 spiro atoms. The van der Waals surface area contributed by atoms with Crippen molar-refractivity contribution in [3.63, 3.8) is 0 Å². The molecule has 1 aliphatic heterocycles. The van der Waals surface area contributed by atoms with Gasteiger partial charge in [0.15, 0.2) is 0 Å². The van der Waals surface area contributed by atoms with E-state index in [0.717, 1.165) is 24.5 Å². The molecule has 1 fully saturated rings. The number of rotatable bonds is 2. The van der Waals surface area contributed by atoms with E-state index in [1.807, 2.05) is 36.7 Å². The second-order valence-electron chi connectivity index (χ2n) is 5.53. The molecule has 0 radical (unpaired) electrons. The molecule has 0 bridgehead atoms. The highest BCUT2D eigenvalue weighted by molar-refractivity contribution is 5.30. The fourth-order valence-corrected chi connectivity index (χ4v) is 2.99. The molecule has 0 saturated carbocycles. The Balaban J connectivity index is 2.12. The predicted molar refractivity (Wildman–Crippen MR) is 79.2 cm³/mol. The third kappa shape index (κ3) is 1.92. The van der Waals surface area contributed by atoms with Gasteiger partial charge in [-0.05, 0) is 38.1 Å². The van der Waals surface area contributed by atoms with Crippen molar-refractivity contribution in [3.05, 3.63) is 60.2 Å². The third-order valence-corrected chi connectivity index (χ3v) is 4.44. The van der Waals surface area contributed by atoms with Crippen molar-refractivity contribution in [3.8, 4) is 0 Å². The van der Waals surface area contributed by atoms with E-state index in [2.05, 4.69) is 46.6 Å². The van der Waals surface area contributed by atoms with E-state index in [1.54, 1.807) is 0 Å². The summed E-state index contributed by atoms with van der Waals surface area (Å²) in [6, 6.07) is 12.1. The first-order valence-corrected chi connectivity index (χ1v) is 7.00. The minimum absolute atomic E-state index is 0.305. The summed E-state index contributed by atoms with van der Waals surface area (Å²) in [6.45, 7) is 6.21. The number of nitrogens with one attached hydrogen (secondary N) is 2. The highest BCUT2D eigenvalue weighted by Gasteiger charge is 2.50. The molecule has 20 heavy (non-hydrogen) atoms. The van der Waals surface area contributed by atoms with Gasteiger partial charge >= 0.3 is 0 Å². The summed E-state index contributed by atoms with van der Waals surface area (Å²) >= 11 is 0. The predicted octanol–water partition coefficient (Wildman–Crippen LogP) is 1.80. The van der Waals surface area contributed by atoms with Crippen LogP contribution in [0.25, 0.3) is 0 Å².